The van der Waals surface area contributed by atoms with Gasteiger partial charge in [0, 0.05) is 22.3 Å². The minimum atomic E-state index is -0.480. The van der Waals surface area contributed by atoms with E-state index in [2.05, 4.69) is 15.9 Å². The van der Waals surface area contributed by atoms with Crippen molar-refractivity contribution >= 4 is 39.9 Å². The first-order chi connectivity index (χ1) is 7.66. The molecule has 1 unspecified atom stereocenters. The van der Waals surface area contributed by atoms with Gasteiger partial charge in [-0.25, -0.2) is 0 Å². The van der Waals surface area contributed by atoms with Crippen LogP contribution in [0.15, 0.2) is 22.7 Å². The molecule has 92 valence electrons. The largest absolute Gasteiger partial charge is 0.316 e. The van der Waals surface area contributed by atoms with Gasteiger partial charge in [0.05, 0.1) is 0 Å². The number of carbonyl (C=O) groups is 1. The van der Waals surface area contributed by atoms with Gasteiger partial charge in [-0.05, 0) is 37.0 Å². The number of fused-ring (bicyclic) bond motifs is 1. The van der Waals surface area contributed by atoms with Crippen LogP contribution in [0.25, 0.3) is 0 Å². The summed E-state index contributed by atoms with van der Waals surface area (Å²) in [5.74, 6) is 0.728. The molecule has 0 radical (unpaired) electrons. The molecule has 1 heterocycles. The number of nitrogens with two attached hydrogens (primary N) is 1. The molecule has 2 N–H and O–H groups in total. The zero-order valence-corrected chi connectivity index (χ0v) is 11.6. The van der Waals surface area contributed by atoms with E-state index in [9.17, 15) is 4.79 Å². The maximum absolute atomic E-state index is 12.0. The number of carbonyl (C=O) groups excluding carboxylic acids is 1. The van der Waals surface area contributed by atoms with Crippen molar-refractivity contribution in [2.75, 3.05) is 11.4 Å². The van der Waals surface area contributed by atoms with E-state index < -0.39 is 6.04 Å². The maximum atomic E-state index is 12.0. The van der Waals surface area contributed by atoms with Crippen LogP contribution in [0.3, 0.4) is 0 Å². The molecule has 2 aliphatic rings. The summed E-state index contributed by atoms with van der Waals surface area (Å²) in [5.41, 5.74) is 7.87. The van der Waals surface area contributed by atoms with Crippen LogP contribution in [0.1, 0.15) is 24.4 Å². The Kier molecular flexibility index (Phi) is 3.48. The van der Waals surface area contributed by atoms with Gasteiger partial charge < -0.3 is 10.6 Å². The predicted octanol–water partition coefficient (Wildman–Crippen LogP) is 2.63. The summed E-state index contributed by atoms with van der Waals surface area (Å²) in [6.45, 7) is 0.834. The lowest BCUT2D eigenvalue weighted by molar-refractivity contribution is -0.119. The van der Waals surface area contributed by atoms with E-state index in [0.29, 0.717) is 5.92 Å². The number of nitrogens with zero attached hydrogens (tertiary/aromatic N) is 1. The standard InChI is InChI=1S/C12H13BrN2O.ClH/c13-8-3-4-10-9(5-8)11(14)12(16)15(10)6-7-1-2-7;/h3-5,7,11H,1-2,6,14H2;1H. The number of amides is 1. The van der Waals surface area contributed by atoms with Crippen LogP contribution < -0.4 is 10.6 Å². The van der Waals surface area contributed by atoms with Crippen LogP contribution in [0.2, 0.25) is 0 Å². The topological polar surface area (TPSA) is 46.3 Å². The van der Waals surface area contributed by atoms with E-state index in [-0.39, 0.29) is 18.3 Å². The average molecular weight is 318 g/mol. The van der Waals surface area contributed by atoms with E-state index in [1.807, 2.05) is 23.1 Å². The Hall–Kier alpha value is -0.580. The fourth-order valence-electron chi connectivity index (χ4n) is 2.19. The lowest BCUT2D eigenvalue weighted by Gasteiger charge is -2.16. The molecule has 0 spiro atoms. The van der Waals surface area contributed by atoms with Gasteiger partial charge in [-0.1, -0.05) is 15.9 Å². The molecule has 1 atom stereocenters. The molecule has 5 heteroatoms. The van der Waals surface area contributed by atoms with Crippen molar-refractivity contribution in [2.24, 2.45) is 11.7 Å². The van der Waals surface area contributed by atoms with Gasteiger partial charge in [0.2, 0.25) is 5.91 Å². The van der Waals surface area contributed by atoms with Crippen molar-refractivity contribution in [3.63, 3.8) is 0 Å². The molecule has 1 fully saturated rings. The molecule has 1 aromatic rings. The van der Waals surface area contributed by atoms with Gasteiger partial charge in [0.25, 0.3) is 0 Å². The minimum Gasteiger partial charge on any atom is -0.316 e. The third-order valence-electron chi connectivity index (χ3n) is 3.29. The zero-order valence-electron chi connectivity index (χ0n) is 9.23. The second-order valence-electron chi connectivity index (χ2n) is 4.57. The molecular weight excluding hydrogens is 304 g/mol. The molecule has 1 aromatic carbocycles. The Morgan fingerprint density at radius 2 is 2.12 bits per heavy atom. The van der Waals surface area contributed by atoms with Crippen molar-refractivity contribution in [1.82, 2.24) is 0 Å². The van der Waals surface area contributed by atoms with Crippen LogP contribution in [-0.2, 0) is 4.79 Å². The molecule has 3 rings (SSSR count). The average Bonchev–Trinajstić information content (AvgIpc) is 3.04. The fraction of sp³-hybridized carbons (Fsp3) is 0.417. The van der Waals surface area contributed by atoms with Crippen LogP contribution in [0.4, 0.5) is 5.69 Å². The number of anilines is 1. The summed E-state index contributed by atoms with van der Waals surface area (Å²) in [7, 11) is 0. The zero-order chi connectivity index (χ0) is 11.3. The van der Waals surface area contributed by atoms with Crippen molar-refractivity contribution < 1.29 is 4.79 Å². The van der Waals surface area contributed by atoms with Gasteiger partial charge in [0.1, 0.15) is 6.04 Å². The highest BCUT2D eigenvalue weighted by Gasteiger charge is 2.37. The highest BCUT2D eigenvalue weighted by molar-refractivity contribution is 9.10. The lowest BCUT2D eigenvalue weighted by Crippen LogP contribution is -2.33. The number of rotatable bonds is 2. The summed E-state index contributed by atoms with van der Waals surface area (Å²) < 4.78 is 0.975. The number of hydrogen-bond donors (Lipinski definition) is 1. The van der Waals surface area contributed by atoms with Crippen LogP contribution >= 0.6 is 28.3 Å². The first kappa shape index (κ1) is 12.9. The molecule has 1 aliphatic heterocycles. The smallest absolute Gasteiger partial charge is 0.248 e. The first-order valence-corrected chi connectivity index (χ1v) is 6.32. The third-order valence-corrected chi connectivity index (χ3v) is 3.78. The number of halogens is 2. The molecule has 0 bridgehead atoms. The first-order valence-electron chi connectivity index (χ1n) is 5.53. The SMILES string of the molecule is Cl.NC1C(=O)N(CC2CC2)c2ccc(Br)cc21. The highest BCUT2D eigenvalue weighted by Crippen LogP contribution is 2.39. The van der Waals surface area contributed by atoms with Gasteiger partial charge in [0.15, 0.2) is 0 Å². The Bertz CT molecular complexity index is 462. The van der Waals surface area contributed by atoms with Crippen LogP contribution in [-0.4, -0.2) is 12.5 Å². The van der Waals surface area contributed by atoms with Gasteiger partial charge in [-0.15, -0.1) is 12.4 Å². The predicted molar refractivity (Wildman–Crippen MR) is 73.4 cm³/mol. The summed E-state index contributed by atoms with van der Waals surface area (Å²) in [4.78, 5) is 13.9. The summed E-state index contributed by atoms with van der Waals surface area (Å²) in [6.07, 6.45) is 2.48. The summed E-state index contributed by atoms with van der Waals surface area (Å²) >= 11 is 3.41. The monoisotopic (exact) mass is 316 g/mol. The van der Waals surface area contributed by atoms with Gasteiger partial charge in [-0.3, -0.25) is 4.79 Å². The fourth-order valence-corrected chi connectivity index (χ4v) is 2.57. The molecule has 1 amide bonds. The molecule has 17 heavy (non-hydrogen) atoms. The van der Waals surface area contributed by atoms with E-state index in [1.165, 1.54) is 12.8 Å². The van der Waals surface area contributed by atoms with E-state index in [0.717, 1.165) is 22.3 Å². The molecule has 0 saturated heterocycles. The quantitative estimate of drug-likeness (QED) is 0.911. The number of hydrogen-bond acceptors (Lipinski definition) is 2. The Balaban J connectivity index is 0.00000108. The highest BCUT2D eigenvalue weighted by atomic mass is 79.9. The molecule has 3 nitrogen and oxygen atoms in total. The van der Waals surface area contributed by atoms with E-state index in [1.54, 1.807) is 0 Å². The number of benzene rings is 1. The van der Waals surface area contributed by atoms with Gasteiger partial charge in [-0.2, -0.15) is 0 Å². The van der Waals surface area contributed by atoms with E-state index in [4.69, 9.17) is 5.73 Å². The Labute approximate surface area is 115 Å². The normalized spacial score (nSPS) is 22.4. The minimum absolute atomic E-state index is 0. The lowest BCUT2D eigenvalue weighted by atomic mass is 10.1. The second-order valence-corrected chi connectivity index (χ2v) is 5.49. The second kappa shape index (κ2) is 4.59. The van der Waals surface area contributed by atoms with E-state index >= 15 is 0 Å². The molecule has 1 saturated carbocycles. The Morgan fingerprint density at radius 3 is 2.76 bits per heavy atom. The molecule has 0 aromatic heterocycles. The molecule has 1 aliphatic carbocycles. The Morgan fingerprint density at radius 1 is 1.41 bits per heavy atom. The van der Waals surface area contributed by atoms with Crippen molar-refractivity contribution in [3.05, 3.63) is 28.2 Å². The van der Waals surface area contributed by atoms with Crippen molar-refractivity contribution in [3.8, 4) is 0 Å². The molecular formula is C12H14BrClN2O. The maximum Gasteiger partial charge on any atom is 0.248 e. The van der Waals surface area contributed by atoms with Gasteiger partial charge >= 0.3 is 0 Å². The summed E-state index contributed by atoms with van der Waals surface area (Å²) in [6, 6.07) is 5.41. The summed E-state index contributed by atoms with van der Waals surface area (Å²) in [5, 5.41) is 0. The van der Waals surface area contributed by atoms with Crippen LogP contribution in [0.5, 0.6) is 0 Å². The van der Waals surface area contributed by atoms with Crippen LogP contribution in [0, 0.1) is 5.92 Å². The van der Waals surface area contributed by atoms with Crippen molar-refractivity contribution in [2.45, 2.75) is 18.9 Å². The van der Waals surface area contributed by atoms with Crippen molar-refractivity contribution in [1.29, 1.82) is 0 Å². The third kappa shape index (κ3) is 2.21.